The second-order valence-electron chi connectivity index (χ2n) is 9.67. The summed E-state index contributed by atoms with van der Waals surface area (Å²) in [7, 11) is 0. The van der Waals surface area contributed by atoms with E-state index in [4.69, 9.17) is 0 Å². The predicted molar refractivity (Wildman–Crippen MR) is 121 cm³/mol. The number of likely N-dealkylation sites (tertiary alicyclic amines) is 2. The van der Waals surface area contributed by atoms with Crippen LogP contribution in [0.2, 0.25) is 0 Å². The molecule has 1 aromatic rings. The van der Waals surface area contributed by atoms with Crippen LogP contribution in [0.1, 0.15) is 70.3 Å². The summed E-state index contributed by atoms with van der Waals surface area (Å²) in [4.78, 5) is 25.2. The van der Waals surface area contributed by atoms with Crippen LogP contribution >= 0.6 is 0 Å². The highest BCUT2D eigenvalue weighted by molar-refractivity contribution is 5.79. The van der Waals surface area contributed by atoms with Crippen molar-refractivity contribution in [1.82, 2.24) is 19.7 Å². The molecule has 4 rings (SSSR count). The van der Waals surface area contributed by atoms with Crippen LogP contribution < -0.4 is 0 Å². The Morgan fingerprint density at radius 1 is 1.10 bits per heavy atom. The topological polar surface area (TPSA) is 39.7 Å². The SMILES string of the molecule is CCCN(C(=O)C1CCCN(C2CCN(Cc3cccnc3)CC2)C1)C1CCCC1. The van der Waals surface area contributed by atoms with Crippen molar-refractivity contribution in [2.45, 2.75) is 83.3 Å². The molecule has 30 heavy (non-hydrogen) atoms. The first-order valence-corrected chi connectivity index (χ1v) is 12.4. The number of carbonyl (C=O) groups excluding carboxylic acids is 1. The van der Waals surface area contributed by atoms with Gasteiger partial charge in [0.25, 0.3) is 0 Å². The average Bonchev–Trinajstić information content (AvgIpc) is 3.33. The van der Waals surface area contributed by atoms with Gasteiger partial charge in [-0.15, -0.1) is 0 Å². The number of nitrogens with zero attached hydrogens (tertiary/aromatic N) is 4. The Morgan fingerprint density at radius 2 is 1.90 bits per heavy atom. The molecular formula is C25H40N4O. The summed E-state index contributed by atoms with van der Waals surface area (Å²) in [5.74, 6) is 0.682. The van der Waals surface area contributed by atoms with Gasteiger partial charge >= 0.3 is 0 Å². The molecule has 166 valence electrons. The maximum atomic E-state index is 13.4. The molecule has 2 saturated heterocycles. The molecule has 1 aliphatic carbocycles. The van der Waals surface area contributed by atoms with Gasteiger partial charge in [0.05, 0.1) is 5.92 Å². The number of rotatable bonds is 7. The van der Waals surface area contributed by atoms with Crippen molar-refractivity contribution in [1.29, 1.82) is 0 Å². The van der Waals surface area contributed by atoms with Gasteiger partial charge < -0.3 is 4.90 Å². The van der Waals surface area contributed by atoms with Crippen LogP contribution in [-0.4, -0.2) is 70.4 Å². The minimum Gasteiger partial charge on any atom is -0.339 e. The first-order valence-electron chi connectivity index (χ1n) is 12.4. The van der Waals surface area contributed by atoms with Gasteiger partial charge in [-0.25, -0.2) is 0 Å². The molecule has 5 nitrogen and oxygen atoms in total. The van der Waals surface area contributed by atoms with E-state index in [2.05, 4.69) is 32.7 Å². The summed E-state index contributed by atoms with van der Waals surface area (Å²) in [6.07, 6.45) is 14.7. The van der Waals surface area contributed by atoms with E-state index in [1.807, 2.05) is 18.5 Å². The molecule has 1 unspecified atom stereocenters. The zero-order chi connectivity index (χ0) is 20.8. The molecule has 3 fully saturated rings. The molecule has 1 aromatic heterocycles. The minimum atomic E-state index is 0.222. The Bertz CT molecular complexity index is 652. The van der Waals surface area contributed by atoms with Crippen molar-refractivity contribution < 1.29 is 4.79 Å². The normalized spacial score (nSPS) is 24.9. The lowest BCUT2D eigenvalue weighted by Crippen LogP contribution is -2.52. The van der Waals surface area contributed by atoms with E-state index in [1.165, 1.54) is 57.1 Å². The number of pyridine rings is 1. The molecule has 5 heteroatoms. The molecule has 0 bridgehead atoms. The largest absolute Gasteiger partial charge is 0.339 e. The van der Waals surface area contributed by atoms with E-state index < -0.39 is 0 Å². The van der Waals surface area contributed by atoms with E-state index in [0.717, 1.165) is 45.6 Å². The highest BCUT2D eigenvalue weighted by Gasteiger charge is 2.35. The van der Waals surface area contributed by atoms with E-state index in [-0.39, 0.29) is 5.92 Å². The van der Waals surface area contributed by atoms with Crippen LogP contribution in [0, 0.1) is 5.92 Å². The third-order valence-corrected chi connectivity index (χ3v) is 7.52. The number of carbonyl (C=O) groups is 1. The summed E-state index contributed by atoms with van der Waals surface area (Å²) >= 11 is 0. The first kappa shape index (κ1) is 21.8. The molecule has 0 spiro atoms. The van der Waals surface area contributed by atoms with Crippen molar-refractivity contribution in [2.24, 2.45) is 5.92 Å². The van der Waals surface area contributed by atoms with Crippen molar-refractivity contribution in [3.63, 3.8) is 0 Å². The van der Waals surface area contributed by atoms with Crippen LogP contribution in [-0.2, 0) is 11.3 Å². The fourth-order valence-electron chi connectivity index (χ4n) is 5.90. The number of aromatic nitrogens is 1. The van der Waals surface area contributed by atoms with Crippen LogP contribution in [0.15, 0.2) is 24.5 Å². The molecule has 0 N–H and O–H groups in total. The molecule has 1 amide bonds. The molecule has 0 radical (unpaired) electrons. The van der Waals surface area contributed by atoms with Crippen molar-refractivity contribution in [3.05, 3.63) is 30.1 Å². The van der Waals surface area contributed by atoms with Gasteiger partial charge in [-0.1, -0.05) is 25.8 Å². The molecule has 3 aliphatic rings. The maximum absolute atomic E-state index is 13.4. The Morgan fingerprint density at radius 3 is 2.60 bits per heavy atom. The fraction of sp³-hybridized carbons (Fsp3) is 0.760. The second-order valence-corrected chi connectivity index (χ2v) is 9.67. The monoisotopic (exact) mass is 412 g/mol. The van der Waals surface area contributed by atoms with Crippen molar-refractivity contribution in [2.75, 3.05) is 32.7 Å². The zero-order valence-electron chi connectivity index (χ0n) is 18.8. The Labute approximate surface area is 182 Å². The zero-order valence-corrected chi connectivity index (χ0v) is 18.8. The van der Waals surface area contributed by atoms with E-state index >= 15 is 0 Å². The highest BCUT2D eigenvalue weighted by atomic mass is 16.2. The van der Waals surface area contributed by atoms with E-state index in [9.17, 15) is 4.79 Å². The van der Waals surface area contributed by atoms with Gasteiger partial charge in [-0.3, -0.25) is 19.6 Å². The summed E-state index contributed by atoms with van der Waals surface area (Å²) in [5.41, 5.74) is 1.31. The van der Waals surface area contributed by atoms with Crippen LogP contribution in [0.5, 0.6) is 0 Å². The molecule has 1 saturated carbocycles. The molecular weight excluding hydrogens is 372 g/mol. The summed E-state index contributed by atoms with van der Waals surface area (Å²) in [5, 5.41) is 0. The summed E-state index contributed by atoms with van der Waals surface area (Å²) in [6.45, 7) is 8.63. The summed E-state index contributed by atoms with van der Waals surface area (Å²) < 4.78 is 0. The lowest BCUT2D eigenvalue weighted by molar-refractivity contribution is -0.140. The first-order chi connectivity index (χ1) is 14.7. The molecule has 0 aromatic carbocycles. The van der Waals surface area contributed by atoms with Crippen LogP contribution in [0.25, 0.3) is 0 Å². The highest BCUT2D eigenvalue weighted by Crippen LogP contribution is 2.29. The van der Waals surface area contributed by atoms with Gasteiger partial charge in [0.1, 0.15) is 0 Å². The lowest BCUT2D eigenvalue weighted by Gasteiger charge is -2.43. The van der Waals surface area contributed by atoms with Crippen molar-refractivity contribution >= 4 is 5.91 Å². The Hall–Kier alpha value is -1.46. The van der Waals surface area contributed by atoms with Gasteiger partial charge in [-0.2, -0.15) is 0 Å². The number of hydrogen-bond acceptors (Lipinski definition) is 4. The lowest BCUT2D eigenvalue weighted by atomic mass is 9.92. The van der Waals surface area contributed by atoms with Gasteiger partial charge in [-0.05, 0) is 76.2 Å². The smallest absolute Gasteiger partial charge is 0.227 e. The van der Waals surface area contributed by atoms with Gasteiger partial charge in [0.15, 0.2) is 0 Å². The minimum absolute atomic E-state index is 0.222. The molecule has 2 aliphatic heterocycles. The second kappa shape index (κ2) is 10.7. The number of piperidine rings is 2. The summed E-state index contributed by atoms with van der Waals surface area (Å²) in [6, 6.07) is 5.37. The van der Waals surface area contributed by atoms with Gasteiger partial charge in [0, 0.05) is 44.1 Å². The standard InChI is InChI=1S/C25H40N4O/c1-2-14-29(24-9-3-4-10-24)25(30)22-8-6-15-28(20-22)23-11-16-27(17-12-23)19-21-7-5-13-26-18-21/h5,7,13,18,22-24H,2-4,6,8-12,14-17,19-20H2,1H3. The van der Waals surface area contributed by atoms with Crippen LogP contribution in [0.4, 0.5) is 0 Å². The van der Waals surface area contributed by atoms with Crippen molar-refractivity contribution in [3.8, 4) is 0 Å². The predicted octanol–water partition coefficient (Wildman–Crippen LogP) is 3.94. The quantitative estimate of drug-likeness (QED) is 0.680. The Balaban J connectivity index is 1.29. The molecule has 1 atom stereocenters. The fourth-order valence-corrected chi connectivity index (χ4v) is 5.90. The average molecular weight is 413 g/mol. The molecule has 3 heterocycles. The maximum Gasteiger partial charge on any atom is 0.227 e. The third kappa shape index (κ3) is 5.42. The Kier molecular flexibility index (Phi) is 7.78. The van der Waals surface area contributed by atoms with E-state index in [1.54, 1.807) is 0 Å². The van der Waals surface area contributed by atoms with Gasteiger partial charge in [0.2, 0.25) is 5.91 Å². The number of amides is 1. The van der Waals surface area contributed by atoms with Crippen LogP contribution in [0.3, 0.4) is 0 Å². The number of hydrogen-bond donors (Lipinski definition) is 0. The van der Waals surface area contributed by atoms with E-state index in [0.29, 0.717) is 18.0 Å². The third-order valence-electron chi connectivity index (χ3n) is 7.52.